The molecule has 0 amide bonds. The minimum Gasteiger partial charge on any atom is -0.477 e. The number of benzene rings is 1. The van der Waals surface area contributed by atoms with E-state index in [2.05, 4.69) is 4.98 Å². The van der Waals surface area contributed by atoms with E-state index in [4.69, 9.17) is 10.00 Å². The van der Waals surface area contributed by atoms with Crippen molar-refractivity contribution in [3.8, 4) is 11.9 Å². The second kappa shape index (κ2) is 6.17. The summed E-state index contributed by atoms with van der Waals surface area (Å²) in [5.74, 6) is 0.248. The first kappa shape index (κ1) is 14.0. The van der Waals surface area contributed by atoms with Gasteiger partial charge in [-0.05, 0) is 30.3 Å². The van der Waals surface area contributed by atoms with Gasteiger partial charge in [0.2, 0.25) is 5.88 Å². The van der Waals surface area contributed by atoms with E-state index in [1.54, 1.807) is 24.4 Å². The second-order valence-corrected chi connectivity index (χ2v) is 6.08. The molecule has 2 aromatic rings. The monoisotopic (exact) mass is 288 g/mol. The first-order valence-corrected chi connectivity index (χ1v) is 7.54. The summed E-state index contributed by atoms with van der Waals surface area (Å²) in [5.41, 5.74) is 0.425. The van der Waals surface area contributed by atoms with E-state index in [0.29, 0.717) is 11.4 Å². The summed E-state index contributed by atoms with van der Waals surface area (Å²) in [7, 11) is -3.42. The Bertz CT molecular complexity index is 704. The predicted molar refractivity (Wildman–Crippen MR) is 72.9 cm³/mol. The molecule has 0 saturated carbocycles. The lowest BCUT2D eigenvalue weighted by molar-refractivity contribution is 0.327. The van der Waals surface area contributed by atoms with Crippen LogP contribution in [0.15, 0.2) is 53.6 Å². The highest BCUT2D eigenvalue weighted by Crippen LogP contribution is 2.12. The van der Waals surface area contributed by atoms with Crippen molar-refractivity contribution in [2.75, 3.05) is 12.4 Å². The molecular formula is C14H12N2O3S. The zero-order valence-corrected chi connectivity index (χ0v) is 11.4. The summed E-state index contributed by atoms with van der Waals surface area (Å²) in [6, 6.07) is 12.9. The lowest BCUT2D eigenvalue weighted by atomic mass is 10.2. The number of aromatic nitrogens is 1. The third-order valence-corrected chi connectivity index (χ3v) is 4.28. The van der Waals surface area contributed by atoms with Crippen molar-refractivity contribution in [3.05, 3.63) is 54.2 Å². The molecule has 0 N–H and O–H groups in total. The molecule has 0 fully saturated rings. The first-order valence-electron chi connectivity index (χ1n) is 5.88. The van der Waals surface area contributed by atoms with E-state index >= 15 is 0 Å². The van der Waals surface area contributed by atoms with E-state index in [1.807, 2.05) is 6.07 Å². The van der Waals surface area contributed by atoms with Crippen LogP contribution in [0.1, 0.15) is 5.56 Å². The Balaban J connectivity index is 1.99. The van der Waals surface area contributed by atoms with Crippen molar-refractivity contribution in [1.29, 1.82) is 5.26 Å². The van der Waals surface area contributed by atoms with Gasteiger partial charge in [0.1, 0.15) is 6.61 Å². The molecule has 2 rings (SSSR count). The number of rotatable bonds is 5. The fourth-order valence-corrected chi connectivity index (χ4v) is 2.63. The van der Waals surface area contributed by atoms with E-state index in [-0.39, 0.29) is 17.3 Å². The average molecular weight is 288 g/mol. The van der Waals surface area contributed by atoms with Crippen LogP contribution in [0, 0.1) is 11.3 Å². The molecule has 0 bridgehead atoms. The van der Waals surface area contributed by atoms with Crippen LogP contribution in [0.25, 0.3) is 0 Å². The molecule has 0 unspecified atom stereocenters. The van der Waals surface area contributed by atoms with Crippen molar-refractivity contribution >= 4 is 9.84 Å². The van der Waals surface area contributed by atoms with Crippen LogP contribution >= 0.6 is 0 Å². The molecule has 102 valence electrons. The van der Waals surface area contributed by atoms with Gasteiger partial charge in [-0.1, -0.05) is 6.07 Å². The molecule has 0 aliphatic rings. The van der Waals surface area contributed by atoms with Gasteiger partial charge < -0.3 is 4.74 Å². The van der Waals surface area contributed by atoms with Crippen molar-refractivity contribution < 1.29 is 13.2 Å². The summed E-state index contributed by atoms with van der Waals surface area (Å²) in [5, 5.41) is 8.67. The molecule has 0 aliphatic carbocycles. The third-order valence-electron chi connectivity index (χ3n) is 2.58. The number of hydrogen-bond donors (Lipinski definition) is 0. The van der Waals surface area contributed by atoms with Gasteiger partial charge in [-0.15, -0.1) is 0 Å². The summed E-state index contributed by atoms with van der Waals surface area (Å²) < 4.78 is 29.3. The fraction of sp³-hybridized carbons (Fsp3) is 0.143. The summed E-state index contributed by atoms with van der Waals surface area (Å²) in [6.07, 6.45) is 1.57. The lowest BCUT2D eigenvalue weighted by Gasteiger charge is -2.06. The topological polar surface area (TPSA) is 80.0 Å². The second-order valence-electron chi connectivity index (χ2n) is 3.97. The van der Waals surface area contributed by atoms with Gasteiger partial charge in [-0.3, -0.25) is 0 Å². The molecule has 0 spiro atoms. The van der Waals surface area contributed by atoms with Crippen LogP contribution in [0.2, 0.25) is 0 Å². The third kappa shape index (κ3) is 3.56. The molecule has 1 heterocycles. The number of nitrogens with zero attached hydrogens (tertiary/aromatic N) is 2. The zero-order chi connectivity index (χ0) is 14.4. The van der Waals surface area contributed by atoms with Gasteiger partial charge >= 0.3 is 0 Å². The van der Waals surface area contributed by atoms with Crippen LogP contribution in [-0.2, 0) is 9.84 Å². The van der Waals surface area contributed by atoms with Crippen molar-refractivity contribution in [2.24, 2.45) is 0 Å². The maximum atomic E-state index is 12.0. The minimum absolute atomic E-state index is 0.0271. The Morgan fingerprint density at radius 1 is 1.15 bits per heavy atom. The Labute approximate surface area is 117 Å². The highest BCUT2D eigenvalue weighted by atomic mass is 32.2. The van der Waals surface area contributed by atoms with Crippen LogP contribution < -0.4 is 4.74 Å². The molecule has 5 nitrogen and oxygen atoms in total. The molecule has 1 aromatic heterocycles. The maximum Gasteiger partial charge on any atom is 0.213 e. The highest BCUT2D eigenvalue weighted by Gasteiger charge is 2.14. The maximum absolute atomic E-state index is 12.0. The molecule has 0 atom stereocenters. The number of pyridine rings is 1. The van der Waals surface area contributed by atoms with Gasteiger partial charge in [0.25, 0.3) is 0 Å². The number of ether oxygens (including phenoxy) is 1. The van der Waals surface area contributed by atoms with Crippen LogP contribution in [0.4, 0.5) is 0 Å². The summed E-state index contributed by atoms with van der Waals surface area (Å²) in [4.78, 5) is 4.12. The van der Waals surface area contributed by atoms with Crippen LogP contribution in [0.3, 0.4) is 0 Å². The van der Waals surface area contributed by atoms with Gasteiger partial charge in [0, 0.05) is 12.3 Å². The van der Waals surface area contributed by atoms with E-state index in [0.717, 1.165) is 0 Å². The van der Waals surface area contributed by atoms with Crippen LogP contribution in [0.5, 0.6) is 5.88 Å². The van der Waals surface area contributed by atoms with E-state index in [1.165, 1.54) is 24.3 Å². The van der Waals surface area contributed by atoms with Gasteiger partial charge in [0.15, 0.2) is 9.84 Å². The lowest BCUT2D eigenvalue weighted by Crippen LogP contribution is -2.14. The van der Waals surface area contributed by atoms with Crippen molar-refractivity contribution in [2.45, 2.75) is 4.90 Å². The number of sulfone groups is 1. The van der Waals surface area contributed by atoms with Gasteiger partial charge in [-0.25, -0.2) is 13.4 Å². The molecular weight excluding hydrogens is 276 g/mol. The SMILES string of the molecule is N#Cc1ccc(S(=O)(=O)CCOc2ccccn2)cc1. The van der Waals surface area contributed by atoms with Crippen LogP contribution in [-0.4, -0.2) is 25.8 Å². The first-order chi connectivity index (χ1) is 9.62. The smallest absolute Gasteiger partial charge is 0.213 e. The van der Waals surface area contributed by atoms with Crippen molar-refractivity contribution in [3.63, 3.8) is 0 Å². The molecule has 6 heteroatoms. The summed E-state index contributed by atoms with van der Waals surface area (Å²) >= 11 is 0. The van der Waals surface area contributed by atoms with Gasteiger partial charge in [-0.2, -0.15) is 5.26 Å². The Morgan fingerprint density at radius 3 is 2.50 bits per heavy atom. The largest absolute Gasteiger partial charge is 0.477 e. The predicted octanol–water partition coefficient (Wildman–Crippen LogP) is 1.81. The molecule has 0 saturated heterocycles. The molecule has 1 aromatic carbocycles. The van der Waals surface area contributed by atoms with E-state index < -0.39 is 9.84 Å². The molecule has 0 radical (unpaired) electrons. The number of nitriles is 1. The quantitative estimate of drug-likeness (QED) is 0.838. The Kier molecular flexibility index (Phi) is 4.33. The normalized spacial score (nSPS) is 10.8. The van der Waals surface area contributed by atoms with Gasteiger partial charge in [0.05, 0.1) is 22.3 Å². The summed E-state index contributed by atoms with van der Waals surface area (Å²) in [6.45, 7) is 0.0271. The minimum atomic E-state index is -3.42. The van der Waals surface area contributed by atoms with E-state index in [9.17, 15) is 8.42 Å². The molecule has 0 aliphatic heterocycles. The van der Waals surface area contributed by atoms with Crippen molar-refractivity contribution in [1.82, 2.24) is 4.98 Å². The average Bonchev–Trinajstić information content (AvgIpc) is 2.48. The fourth-order valence-electron chi connectivity index (χ4n) is 1.54. The number of hydrogen-bond acceptors (Lipinski definition) is 5. The Hall–Kier alpha value is -2.39. The zero-order valence-electron chi connectivity index (χ0n) is 10.6. The highest BCUT2D eigenvalue weighted by molar-refractivity contribution is 7.91. The standard InChI is InChI=1S/C14H12N2O3S/c15-11-12-4-6-13(7-5-12)20(17,18)10-9-19-14-3-1-2-8-16-14/h1-8H,9-10H2. The molecule has 20 heavy (non-hydrogen) atoms. The Morgan fingerprint density at radius 2 is 1.90 bits per heavy atom.